The van der Waals surface area contributed by atoms with E-state index in [2.05, 4.69) is 10.6 Å². The van der Waals surface area contributed by atoms with Crippen molar-refractivity contribution in [2.45, 2.75) is 19.0 Å². The summed E-state index contributed by atoms with van der Waals surface area (Å²) in [5.41, 5.74) is 2.07. The Labute approximate surface area is 148 Å². The van der Waals surface area contributed by atoms with Crippen LogP contribution in [0.25, 0.3) is 0 Å². The van der Waals surface area contributed by atoms with Gasteiger partial charge >= 0.3 is 0 Å². The molecular formula is C20H23N3O2. The van der Waals surface area contributed by atoms with E-state index >= 15 is 0 Å². The Morgan fingerprint density at radius 1 is 1.04 bits per heavy atom. The molecule has 0 radical (unpaired) electrons. The number of rotatable bonds is 5. The highest BCUT2D eigenvalue weighted by molar-refractivity contribution is 5.84. The minimum atomic E-state index is -0.360. The zero-order chi connectivity index (χ0) is 17.6. The van der Waals surface area contributed by atoms with Crippen molar-refractivity contribution in [1.82, 2.24) is 15.5 Å². The first-order chi connectivity index (χ1) is 12.1. The van der Waals surface area contributed by atoms with E-state index in [1.54, 1.807) is 0 Å². The molecule has 5 heteroatoms. The maximum Gasteiger partial charge on any atom is 0.237 e. The van der Waals surface area contributed by atoms with E-state index in [0.717, 1.165) is 11.1 Å². The van der Waals surface area contributed by atoms with Crippen LogP contribution in [0.1, 0.15) is 24.1 Å². The second-order valence-corrected chi connectivity index (χ2v) is 6.26. The van der Waals surface area contributed by atoms with Crippen molar-refractivity contribution in [3.8, 4) is 0 Å². The fraction of sp³-hybridized carbons (Fsp3) is 0.300. The molecule has 2 aromatic rings. The molecule has 5 nitrogen and oxygen atoms in total. The molecule has 1 saturated heterocycles. The Balaban J connectivity index is 1.78. The number of benzene rings is 2. The van der Waals surface area contributed by atoms with Crippen LogP contribution >= 0.6 is 0 Å². The summed E-state index contributed by atoms with van der Waals surface area (Å²) >= 11 is 0. The molecule has 0 saturated carbocycles. The molecule has 0 aliphatic carbocycles. The Kier molecular flexibility index (Phi) is 5.46. The normalized spacial score (nSPS) is 16.3. The summed E-state index contributed by atoms with van der Waals surface area (Å²) in [4.78, 5) is 26.3. The second kappa shape index (κ2) is 7.94. The molecular weight excluding hydrogens is 314 g/mol. The van der Waals surface area contributed by atoms with Crippen molar-refractivity contribution in [3.05, 3.63) is 71.8 Å². The highest BCUT2D eigenvalue weighted by Crippen LogP contribution is 2.22. The van der Waals surface area contributed by atoms with Gasteiger partial charge in [-0.3, -0.25) is 14.5 Å². The minimum absolute atomic E-state index is 0.0337. The first-order valence-electron chi connectivity index (χ1n) is 8.56. The lowest BCUT2D eigenvalue weighted by Gasteiger charge is -2.32. The number of amides is 2. The summed E-state index contributed by atoms with van der Waals surface area (Å²) in [6.07, 6.45) is 0. The highest BCUT2D eigenvalue weighted by Gasteiger charge is 2.28. The third kappa shape index (κ3) is 4.25. The van der Waals surface area contributed by atoms with E-state index in [0.29, 0.717) is 13.1 Å². The monoisotopic (exact) mass is 337 g/mol. The predicted octanol–water partition coefficient (Wildman–Crippen LogP) is 1.71. The molecule has 1 heterocycles. The van der Waals surface area contributed by atoms with Gasteiger partial charge in [-0.1, -0.05) is 60.7 Å². The van der Waals surface area contributed by atoms with Gasteiger partial charge in [0.2, 0.25) is 11.8 Å². The molecule has 0 spiro atoms. The van der Waals surface area contributed by atoms with Crippen LogP contribution in [0, 0.1) is 0 Å². The molecule has 1 aliphatic rings. The van der Waals surface area contributed by atoms with E-state index in [-0.39, 0.29) is 30.4 Å². The average molecular weight is 337 g/mol. The highest BCUT2D eigenvalue weighted by atomic mass is 16.2. The molecule has 1 fully saturated rings. The first-order valence-corrected chi connectivity index (χ1v) is 8.56. The van der Waals surface area contributed by atoms with E-state index in [4.69, 9.17) is 0 Å². The van der Waals surface area contributed by atoms with Crippen molar-refractivity contribution in [2.24, 2.45) is 0 Å². The first kappa shape index (κ1) is 17.2. The van der Waals surface area contributed by atoms with Gasteiger partial charge in [-0.05, 0) is 18.1 Å². The fourth-order valence-corrected chi connectivity index (χ4v) is 3.07. The number of nitrogens with one attached hydrogen (secondary N) is 2. The lowest BCUT2D eigenvalue weighted by atomic mass is 9.98. The smallest absolute Gasteiger partial charge is 0.237 e. The summed E-state index contributed by atoms with van der Waals surface area (Å²) in [6.45, 7) is 3.37. The average Bonchev–Trinajstić information content (AvgIpc) is 2.66. The summed E-state index contributed by atoms with van der Waals surface area (Å²) in [5.74, 6) is -0.110. The Morgan fingerprint density at radius 2 is 1.60 bits per heavy atom. The molecule has 2 aromatic carbocycles. The van der Waals surface area contributed by atoms with Crippen molar-refractivity contribution in [3.63, 3.8) is 0 Å². The maximum atomic E-state index is 12.8. The maximum absolute atomic E-state index is 12.8. The van der Waals surface area contributed by atoms with Gasteiger partial charge < -0.3 is 10.6 Å². The quantitative estimate of drug-likeness (QED) is 0.873. The lowest BCUT2D eigenvalue weighted by Crippen LogP contribution is -2.55. The van der Waals surface area contributed by atoms with Gasteiger partial charge in [0, 0.05) is 13.1 Å². The number of nitrogens with zero attached hydrogens (tertiary/aromatic N) is 1. The van der Waals surface area contributed by atoms with Crippen LogP contribution in [0.4, 0.5) is 0 Å². The van der Waals surface area contributed by atoms with Crippen molar-refractivity contribution < 1.29 is 9.59 Å². The molecule has 0 bridgehead atoms. The number of carbonyl (C=O) groups is 2. The van der Waals surface area contributed by atoms with E-state index in [1.807, 2.05) is 72.5 Å². The van der Waals surface area contributed by atoms with Crippen molar-refractivity contribution in [2.75, 3.05) is 19.6 Å². The Hall–Kier alpha value is -2.66. The lowest BCUT2D eigenvalue weighted by molar-refractivity contribution is -0.130. The van der Waals surface area contributed by atoms with Crippen LogP contribution in [0.2, 0.25) is 0 Å². The van der Waals surface area contributed by atoms with Crippen molar-refractivity contribution in [1.29, 1.82) is 0 Å². The zero-order valence-corrected chi connectivity index (χ0v) is 14.3. The second-order valence-electron chi connectivity index (χ2n) is 6.26. The minimum Gasteiger partial charge on any atom is -0.354 e. The Morgan fingerprint density at radius 3 is 2.12 bits per heavy atom. The van der Waals surface area contributed by atoms with E-state index < -0.39 is 0 Å². The molecule has 25 heavy (non-hydrogen) atoms. The molecule has 2 N–H and O–H groups in total. The summed E-state index contributed by atoms with van der Waals surface area (Å²) in [6, 6.07) is 19.3. The van der Waals surface area contributed by atoms with Crippen LogP contribution < -0.4 is 10.6 Å². The van der Waals surface area contributed by atoms with Gasteiger partial charge in [-0.15, -0.1) is 0 Å². The molecule has 1 atom stereocenters. The number of carbonyl (C=O) groups excluding carboxylic acids is 2. The van der Waals surface area contributed by atoms with Crippen LogP contribution in [0.3, 0.4) is 0 Å². The van der Waals surface area contributed by atoms with Crippen LogP contribution in [-0.2, 0) is 9.59 Å². The van der Waals surface area contributed by atoms with Gasteiger partial charge in [0.05, 0.1) is 18.6 Å². The van der Waals surface area contributed by atoms with Gasteiger partial charge in [0.25, 0.3) is 0 Å². The van der Waals surface area contributed by atoms with Crippen LogP contribution in [0.5, 0.6) is 0 Å². The summed E-state index contributed by atoms with van der Waals surface area (Å²) in [7, 11) is 0. The molecule has 2 amide bonds. The van der Waals surface area contributed by atoms with E-state index in [1.165, 1.54) is 0 Å². The molecule has 0 aromatic heterocycles. The predicted molar refractivity (Wildman–Crippen MR) is 96.9 cm³/mol. The summed E-state index contributed by atoms with van der Waals surface area (Å²) < 4.78 is 0. The van der Waals surface area contributed by atoms with Crippen molar-refractivity contribution >= 4 is 11.8 Å². The third-order valence-electron chi connectivity index (χ3n) is 4.55. The summed E-state index contributed by atoms with van der Waals surface area (Å²) in [5, 5.41) is 5.94. The molecule has 0 unspecified atom stereocenters. The number of piperazine rings is 1. The fourth-order valence-electron chi connectivity index (χ4n) is 3.07. The molecule has 130 valence electrons. The molecule has 1 aliphatic heterocycles. The standard InChI is InChI=1S/C20H23N3O2/c1-15(23-13-12-21-18(24)14-23)20(25)22-19(16-8-4-2-5-9-16)17-10-6-3-7-11-17/h2-11,15,19H,12-14H2,1H3,(H,21,24)(H,22,25)/t15-/m0/s1. The number of hydrogen-bond acceptors (Lipinski definition) is 3. The van der Waals surface area contributed by atoms with Crippen LogP contribution in [0.15, 0.2) is 60.7 Å². The van der Waals surface area contributed by atoms with Gasteiger partial charge in [0.15, 0.2) is 0 Å². The zero-order valence-electron chi connectivity index (χ0n) is 14.3. The van der Waals surface area contributed by atoms with Gasteiger partial charge in [-0.25, -0.2) is 0 Å². The SMILES string of the molecule is C[C@@H](C(=O)NC(c1ccccc1)c1ccccc1)N1CCNC(=O)C1. The number of hydrogen-bond donors (Lipinski definition) is 2. The van der Waals surface area contributed by atoms with Crippen LogP contribution in [-0.4, -0.2) is 42.4 Å². The van der Waals surface area contributed by atoms with Gasteiger partial charge in [-0.2, -0.15) is 0 Å². The van der Waals surface area contributed by atoms with Gasteiger partial charge in [0.1, 0.15) is 0 Å². The Bertz CT molecular complexity index is 679. The third-order valence-corrected chi connectivity index (χ3v) is 4.55. The van der Waals surface area contributed by atoms with E-state index in [9.17, 15) is 9.59 Å². The topological polar surface area (TPSA) is 61.4 Å². The molecule has 3 rings (SSSR count). The largest absolute Gasteiger partial charge is 0.354 e.